The first-order valence-corrected chi connectivity index (χ1v) is 5.30. The van der Waals surface area contributed by atoms with Crippen molar-refractivity contribution < 1.29 is 13.9 Å². The summed E-state index contributed by atoms with van der Waals surface area (Å²) in [7, 11) is 0. The van der Waals surface area contributed by atoms with E-state index in [-0.39, 0.29) is 6.61 Å². The number of terminal acetylenes is 1. The highest BCUT2D eigenvalue weighted by atomic mass is 17.0. The van der Waals surface area contributed by atoms with Crippen LogP contribution in [0.2, 0.25) is 0 Å². The Hall–Kier alpha value is -2.94. The van der Waals surface area contributed by atoms with Crippen LogP contribution in [0.25, 0.3) is 5.57 Å². The molecule has 19 heavy (non-hydrogen) atoms. The predicted octanol–water partition coefficient (Wildman–Crippen LogP) is 0.540. The normalized spacial score (nSPS) is 11.0. The van der Waals surface area contributed by atoms with Crippen molar-refractivity contribution in [3.8, 4) is 12.3 Å². The molecule has 2 aromatic rings. The molecule has 2 rings (SSSR count). The SMILES string of the molecule is C#CC(=CCOn1oc(=O)c(=O)o1)c1ccccc1. The molecule has 0 bridgehead atoms. The molecular weight excluding hydrogens is 250 g/mol. The molecule has 0 atom stereocenters. The van der Waals surface area contributed by atoms with Gasteiger partial charge in [-0.2, -0.15) is 0 Å². The van der Waals surface area contributed by atoms with Gasteiger partial charge < -0.3 is 4.84 Å². The van der Waals surface area contributed by atoms with Crippen molar-refractivity contribution in [2.45, 2.75) is 0 Å². The van der Waals surface area contributed by atoms with Gasteiger partial charge in [0.25, 0.3) is 0 Å². The van der Waals surface area contributed by atoms with Crippen molar-refractivity contribution in [3.05, 3.63) is 62.8 Å². The summed E-state index contributed by atoms with van der Waals surface area (Å²) in [4.78, 5) is 26.3. The lowest BCUT2D eigenvalue weighted by Gasteiger charge is -2.00. The molecule has 0 aliphatic heterocycles. The number of hydrogen-bond acceptors (Lipinski definition) is 5. The van der Waals surface area contributed by atoms with Gasteiger partial charge in [-0.1, -0.05) is 36.3 Å². The molecule has 0 radical (unpaired) electrons. The molecular formula is C13H9NO5. The highest BCUT2D eigenvalue weighted by molar-refractivity contribution is 5.78. The van der Waals surface area contributed by atoms with Crippen LogP contribution in [0.4, 0.5) is 0 Å². The van der Waals surface area contributed by atoms with Gasteiger partial charge in [-0.3, -0.25) is 9.05 Å². The molecule has 6 heteroatoms. The first kappa shape index (κ1) is 12.5. The fraction of sp³-hybridized carbons (Fsp3) is 0.0769. The number of hydrogen-bond donors (Lipinski definition) is 0. The average molecular weight is 259 g/mol. The highest BCUT2D eigenvalue weighted by Gasteiger charge is 2.04. The van der Waals surface area contributed by atoms with Crippen LogP contribution in [-0.4, -0.2) is 11.7 Å². The molecule has 0 aliphatic rings. The van der Waals surface area contributed by atoms with E-state index in [9.17, 15) is 9.59 Å². The molecule has 0 amide bonds. The Balaban J connectivity index is 2.07. The second-order valence-electron chi connectivity index (χ2n) is 3.41. The molecule has 0 unspecified atom stereocenters. The highest BCUT2D eigenvalue weighted by Crippen LogP contribution is 2.11. The maximum absolute atomic E-state index is 10.7. The Morgan fingerprint density at radius 2 is 1.89 bits per heavy atom. The van der Waals surface area contributed by atoms with E-state index in [2.05, 4.69) is 15.0 Å². The summed E-state index contributed by atoms with van der Waals surface area (Å²) in [6.45, 7) is -0.0189. The summed E-state index contributed by atoms with van der Waals surface area (Å²) < 4.78 is 8.63. The summed E-state index contributed by atoms with van der Waals surface area (Å²) in [5.41, 5.74) is -0.810. The Morgan fingerprint density at radius 1 is 1.26 bits per heavy atom. The summed E-state index contributed by atoms with van der Waals surface area (Å²) in [5.74, 6) is 2.51. The lowest BCUT2D eigenvalue weighted by Crippen LogP contribution is -2.14. The van der Waals surface area contributed by atoms with Crippen molar-refractivity contribution in [1.82, 2.24) is 5.08 Å². The van der Waals surface area contributed by atoms with E-state index in [0.29, 0.717) is 10.6 Å². The van der Waals surface area contributed by atoms with E-state index in [1.54, 1.807) is 6.08 Å². The maximum Gasteiger partial charge on any atom is 0.449 e. The van der Waals surface area contributed by atoms with Crippen LogP contribution in [0, 0.1) is 12.3 Å². The molecule has 0 fully saturated rings. The minimum atomic E-state index is -1.13. The van der Waals surface area contributed by atoms with Crippen LogP contribution in [0.3, 0.4) is 0 Å². The van der Waals surface area contributed by atoms with E-state index in [1.165, 1.54) is 0 Å². The molecule has 1 aromatic carbocycles. The zero-order valence-electron chi connectivity index (χ0n) is 9.74. The third-order valence-corrected chi connectivity index (χ3v) is 2.19. The fourth-order valence-corrected chi connectivity index (χ4v) is 1.34. The minimum absolute atomic E-state index is 0.0189. The van der Waals surface area contributed by atoms with Gasteiger partial charge in [-0.25, -0.2) is 9.59 Å². The molecule has 0 N–H and O–H groups in total. The number of benzene rings is 1. The molecule has 0 spiro atoms. The van der Waals surface area contributed by atoms with E-state index in [0.717, 1.165) is 5.56 Å². The summed E-state index contributed by atoms with van der Waals surface area (Å²) in [6.07, 6.45) is 6.98. The molecule has 96 valence electrons. The Kier molecular flexibility index (Phi) is 3.69. The smallest absolute Gasteiger partial charge is 0.353 e. The van der Waals surface area contributed by atoms with Crippen LogP contribution < -0.4 is 16.1 Å². The first-order chi connectivity index (χ1) is 9.20. The van der Waals surface area contributed by atoms with Gasteiger partial charge in [0.05, 0.1) is 0 Å². The topological polar surface area (TPSA) is 74.6 Å². The van der Waals surface area contributed by atoms with E-state index < -0.39 is 11.3 Å². The van der Waals surface area contributed by atoms with Gasteiger partial charge in [0.2, 0.25) is 0 Å². The third kappa shape index (κ3) is 3.04. The van der Waals surface area contributed by atoms with Crippen molar-refractivity contribution in [2.75, 3.05) is 6.61 Å². The van der Waals surface area contributed by atoms with Crippen molar-refractivity contribution in [1.29, 1.82) is 0 Å². The average Bonchev–Trinajstić information content (AvgIpc) is 2.75. The summed E-state index contributed by atoms with van der Waals surface area (Å²) in [6, 6.07) is 9.28. The minimum Gasteiger partial charge on any atom is -0.353 e. The van der Waals surface area contributed by atoms with Crippen LogP contribution in [0.1, 0.15) is 5.56 Å². The van der Waals surface area contributed by atoms with Crippen LogP contribution in [0.5, 0.6) is 0 Å². The monoisotopic (exact) mass is 259 g/mol. The predicted molar refractivity (Wildman–Crippen MR) is 66.2 cm³/mol. The van der Waals surface area contributed by atoms with Crippen molar-refractivity contribution >= 4 is 5.57 Å². The van der Waals surface area contributed by atoms with Gasteiger partial charge in [0.15, 0.2) is 0 Å². The van der Waals surface area contributed by atoms with Gasteiger partial charge in [-0.15, -0.1) is 6.42 Å². The molecule has 0 aliphatic carbocycles. The van der Waals surface area contributed by atoms with Gasteiger partial charge in [0.1, 0.15) is 11.7 Å². The first-order valence-electron chi connectivity index (χ1n) is 5.30. The molecule has 0 saturated carbocycles. The van der Waals surface area contributed by atoms with Crippen molar-refractivity contribution in [2.24, 2.45) is 0 Å². The number of aromatic nitrogens is 1. The summed E-state index contributed by atoms with van der Waals surface area (Å²) >= 11 is 0. The number of nitrogens with zero attached hydrogens (tertiary/aromatic N) is 1. The Labute approximate surface area is 107 Å². The zero-order chi connectivity index (χ0) is 13.7. The summed E-state index contributed by atoms with van der Waals surface area (Å²) in [5, 5.41) is 0.348. The molecule has 1 heterocycles. The number of rotatable bonds is 4. The Morgan fingerprint density at radius 3 is 2.47 bits per heavy atom. The molecule has 0 saturated heterocycles. The van der Waals surface area contributed by atoms with Gasteiger partial charge >= 0.3 is 11.3 Å². The quantitative estimate of drug-likeness (QED) is 0.591. The van der Waals surface area contributed by atoms with Crippen molar-refractivity contribution in [3.63, 3.8) is 0 Å². The van der Waals surface area contributed by atoms with Gasteiger partial charge in [0, 0.05) is 5.57 Å². The maximum atomic E-state index is 10.7. The van der Waals surface area contributed by atoms with Crippen LogP contribution in [0.15, 0.2) is 55.0 Å². The second kappa shape index (κ2) is 5.60. The molecule has 1 aromatic heterocycles. The van der Waals surface area contributed by atoms with E-state index >= 15 is 0 Å². The van der Waals surface area contributed by atoms with E-state index in [1.807, 2.05) is 30.3 Å². The largest absolute Gasteiger partial charge is 0.449 e. The van der Waals surface area contributed by atoms with Crippen LogP contribution >= 0.6 is 0 Å². The lowest BCUT2D eigenvalue weighted by atomic mass is 10.1. The second-order valence-corrected chi connectivity index (χ2v) is 3.41. The Bertz CT molecular complexity index is 699. The van der Waals surface area contributed by atoms with E-state index in [4.69, 9.17) is 11.3 Å². The fourth-order valence-electron chi connectivity index (χ4n) is 1.34. The van der Waals surface area contributed by atoms with Gasteiger partial charge in [-0.05, 0) is 11.6 Å². The number of allylic oxidation sites excluding steroid dienone is 1. The zero-order valence-corrected chi connectivity index (χ0v) is 9.74. The molecule has 6 nitrogen and oxygen atoms in total. The standard InChI is InChI=1S/C13H9NO5/c1-2-10(11-6-4-3-5-7-11)8-9-17-14-18-12(15)13(16)19-14/h1,3-8H,9H2. The van der Waals surface area contributed by atoms with Crippen LogP contribution in [-0.2, 0) is 0 Å². The lowest BCUT2D eigenvalue weighted by molar-refractivity contribution is -0.137. The third-order valence-electron chi connectivity index (χ3n) is 2.19.